The van der Waals surface area contributed by atoms with Crippen molar-refractivity contribution < 1.29 is 14.6 Å². The van der Waals surface area contributed by atoms with E-state index >= 15 is 0 Å². The van der Waals surface area contributed by atoms with Crippen LogP contribution in [0.2, 0.25) is 0 Å². The molecule has 6 rings (SSSR count). The number of pyridine rings is 1. The zero-order valence-electron chi connectivity index (χ0n) is 24.5. The van der Waals surface area contributed by atoms with Crippen molar-refractivity contribution in [2.75, 3.05) is 13.1 Å². The lowest BCUT2D eigenvalue weighted by Gasteiger charge is -2.58. The molecule has 4 aliphatic carbocycles. The minimum atomic E-state index is -0.124. The van der Waals surface area contributed by atoms with Crippen molar-refractivity contribution in [2.45, 2.75) is 110 Å². The molecule has 1 aromatic heterocycles. The predicted octanol–water partition coefficient (Wildman–Crippen LogP) is 6.81. The number of hydrogen-bond acceptors (Lipinski definition) is 4. The van der Waals surface area contributed by atoms with E-state index in [1.807, 2.05) is 12.1 Å². The number of nitrogens with zero attached hydrogens (tertiary/aromatic N) is 2. The molecule has 5 aliphatic rings. The summed E-state index contributed by atoms with van der Waals surface area (Å²) in [5.74, 6) is 4.92. The molecular weight excluding hydrogens is 484 g/mol. The second-order valence-electron chi connectivity index (χ2n) is 14.3. The van der Waals surface area contributed by atoms with Crippen molar-refractivity contribution in [2.24, 2.45) is 40.4 Å². The van der Waals surface area contributed by atoms with Gasteiger partial charge in [0.05, 0.1) is 12.3 Å². The fourth-order valence-corrected chi connectivity index (χ4v) is 10.2. The normalized spacial score (nSPS) is 39.2. The Morgan fingerprint density at radius 2 is 1.95 bits per heavy atom. The van der Waals surface area contributed by atoms with Crippen LogP contribution in [-0.2, 0) is 4.79 Å². The molecule has 8 atom stereocenters. The molecule has 0 radical (unpaired) electrons. The van der Waals surface area contributed by atoms with Crippen LogP contribution in [0, 0.1) is 40.4 Å². The van der Waals surface area contributed by atoms with Gasteiger partial charge in [0, 0.05) is 38.5 Å². The molecule has 0 unspecified atom stereocenters. The highest BCUT2D eigenvalue weighted by molar-refractivity contribution is 5.76. The largest absolute Gasteiger partial charge is 0.489 e. The first-order valence-corrected chi connectivity index (χ1v) is 16.0. The summed E-state index contributed by atoms with van der Waals surface area (Å²) in [4.78, 5) is 19.4. The van der Waals surface area contributed by atoms with Gasteiger partial charge in [0.25, 0.3) is 0 Å². The lowest BCUT2D eigenvalue weighted by molar-refractivity contribution is -0.133. The zero-order valence-corrected chi connectivity index (χ0v) is 24.5. The van der Waals surface area contributed by atoms with Crippen molar-refractivity contribution in [3.05, 3.63) is 36.2 Å². The number of aromatic nitrogens is 1. The maximum absolute atomic E-state index is 13.2. The van der Waals surface area contributed by atoms with Gasteiger partial charge in [-0.1, -0.05) is 32.4 Å². The first-order chi connectivity index (χ1) is 18.8. The Morgan fingerprint density at radius 1 is 1.13 bits per heavy atom. The van der Waals surface area contributed by atoms with Gasteiger partial charge >= 0.3 is 0 Å². The van der Waals surface area contributed by atoms with Gasteiger partial charge in [-0.15, -0.1) is 0 Å². The molecule has 1 amide bonds. The number of rotatable bonds is 6. The second kappa shape index (κ2) is 10.8. The number of hydrogen-bond donors (Lipinski definition) is 1. The lowest BCUT2D eigenvalue weighted by atomic mass is 9.47. The number of fused-ring (bicyclic) bond motifs is 5. The first-order valence-electron chi connectivity index (χ1n) is 16.0. The number of ether oxygens (including phenoxy) is 1. The summed E-state index contributed by atoms with van der Waals surface area (Å²) in [7, 11) is 0. The third-order valence-corrected chi connectivity index (χ3v) is 12.4. The Kier molecular flexibility index (Phi) is 7.58. The smallest absolute Gasteiger partial charge is 0.222 e. The van der Waals surface area contributed by atoms with Gasteiger partial charge in [-0.2, -0.15) is 0 Å². The highest BCUT2D eigenvalue weighted by Gasteiger charge is 2.59. The lowest BCUT2D eigenvalue weighted by Crippen LogP contribution is -2.50. The maximum Gasteiger partial charge on any atom is 0.222 e. The molecule has 5 heteroatoms. The average Bonchev–Trinajstić information content (AvgIpc) is 3.30. The Hall–Kier alpha value is -1.88. The summed E-state index contributed by atoms with van der Waals surface area (Å²) in [6.07, 6.45) is 19.3. The van der Waals surface area contributed by atoms with Crippen LogP contribution >= 0.6 is 0 Å². The van der Waals surface area contributed by atoms with Crippen LogP contribution in [0.15, 0.2) is 36.2 Å². The molecule has 214 valence electrons. The van der Waals surface area contributed by atoms with Crippen LogP contribution in [0.1, 0.15) is 97.8 Å². The van der Waals surface area contributed by atoms with E-state index in [1.54, 1.807) is 18.0 Å². The summed E-state index contributed by atoms with van der Waals surface area (Å²) in [5, 5.41) is 10.3. The molecule has 1 saturated heterocycles. The highest BCUT2D eigenvalue weighted by Crippen LogP contribution is 2.67. The Morgan fingerprint density at radius 3 is 2.72 bits per heavy atom. The standard InChI is InChI=1S/C34H50N2O3/c1-23(6-11-32(38)36-19-14-26(15-20-36)39-27-5-4-18-35-22-27)29-9-10-30-28-8-7-24-21-25(37)12-16-33(24,2)31(28)13-17-34(29,30)3/h4-5,7,18,22-23,25-26,28-31,37H,6,8-17,19-21H2,1-3H3/t23-,25+,28+,29-,30+,31+,33+,34-/m1/s1. The zero-order chi connectivity index (χ0) is 27.2. The topological polar surface area (TPSA) is 62.7 Å². The number of carbonyl (C=O) groups excluding carboxylic acids is 1. The van der Waals surface area contributed by atoms with E-state index in [2.05, 4.69) is 36.7 Å². The molecule has 5 nitrogen and oxygen atoms in total. The van der Waals surface area contributed by atoms with E-state index in [1.165, 1.54) is 38.5 Å². The monoisotopic (exact) mass is 534 g/mol. The van der Waals surface area contributed by atoms with Gasteiger partial charge in [-0.05, 0) is 110 Å². The SMILES string of the molecule is C[C@H](CCC(=O)N1CCC(Oc2cccnc2)CC1)[C@H]1CC[C@H]2[C@@H]3CC=C4C[C@@H](O)CC[C@]4(C)[C@H]3CC[C@]12C. The van der Waals surface area contributed by atoms with Crippen molar-refractivity contribution in [1.29, 1.82) is 0 Å². The van der Waals surface area contributed by atoms with Gasteiger partial charge in [0.15, 0.2) is 0 Å². The third kappa shape index (κ3) is 5.06. The molecule has 39 heavy (non-hydrogen) atoms. The third-order valence-electron chi connectivity index (χ3n) is 12.4. The molecule has 3 saturated carbocycles. The van der Waals surface area contributed by atoms with Crippen LogP contribution in [0.3, 0.4) is 0 Å². The fourth-order valence-electron chi connectivity index (χ4n) is 10.2. The Bertz CT molecular complexity index is 1050. The maximum atomic E-state index is 13.2. The average molecular weight is 535 g/mol. The van der Waals surface area contributed by atoms with Crippen LogP contribution in [-0.4, -0.2) is 46.2 Å². The molecule has 1 N–H and O–H groups in total. The van der Waals surface area contributed by atoms with Crippen LogP contribution < -0.4 is 4.74 Å². The molecule has 0 spiro atoms. The van der Waals surface area contributed by atoms with Crippen LogP contribution in [0.4, 0.5) is 0 Å². The van der Waals surface area contributed by atoms with E-state index in [9.17, 15) is 9.90 Å². The minimum Gasteiger partial charge on any atom is -0.489 e. The van der Waals surface area contributed by atoms with Gasteiger partial charge in [0.2, 0.25) is 5.91 Å². The number of allylic oxidation sites excluding steroid dienone is 1. The number of amides is 1. The van der Waals surface area contributed by atoms with E-state index in [-0.39, 0.29) is 12.2 Å². The van der Waals surface area contributed by atoms with Gasteiger partial charge < -0.3 is 14.7 Å². The van der Waals surface area contributed by atoms with Crippen LogP contribution in [0.5, 0.6) is 5.75 Å². The number of piperidine rings is 1. The van der Waals surface area contributed by atoms with E-state index < -0.39 is 0 Å². The molecular formula is C34H50N2O3. The molecule has 0 aromatic carbocycles. The highest BCUT2D eigenvalue weighted by atomic mass is 16.5. The van der Waals surface area contributed by atoms with Gasteiger partial charge in [0.1, 0.15) is 11.9 Å². The Balaban J connectivity index is 1.02. The van der Waals surface area contributed by atoms with Gasteiger partial charge in [-0.25, -0.2) is 0 Å². The van der Waals surface area contributed by atoms with Crippen molar-refractivity contribution in [3.63, 3.8) is 0 Å². The number of likely N-dealkylation sites (tertiary alicyclic amines) is 1. The minimum absolute atomic E-state index is 0.124. The van der Waals surface area contributed by atoms with Gasteiger partial charge in [-0.3, -0.25) is 9.78 Å². The predicted molar refractivity (Wildman–Crippen MR) is 154 cm³/mol. The number of aliphatic hydroxyl groups is 1. The summed E-state index contributed by atoms with van der Waals surface area (Å²) in [6.45, 7) is 9.18. The summed E-state index contributed by atoms with van der Waals surface area (Å²) in [5.41, 5.74) is 2.30. The number of carbonyl (C=O) groups is 1. The summed E-state index contributed by atoms with van der Waals surface area (Å²) < 4.78 is 6.07. The molecule has 4 fully saturated rings. The van der Waals surface area contributed by atoms with E-state index in [4.69, 9.17) is 4.74 Å². The van der Waals surface area contributed by atoms with E-state index in [0.717, 1.165) is 74.6 Å². The fraction of sp³-hybridized carbons (Fsp3) is 0.765. The summed E-state index contributed by atoms with van der Waals surface area (Å²) in [6, 6.07) is 3.86. The van der Waals surface area contributed by atoms with Crippen molar-refractivity contribution >= 4 is 5.91 Å². The quantitative estimate of drug-likeness (QED) is 0.407. The van der Waals surface area contributed by atoms with Crippen molar-refractivity contribution in [1.82, 2.24) is 9.88 Å². The summed E-state index contributed by atoms with van der Waals surface area (Å²) >= 11 is 0. The van der Waals surface area contributed by atoms with Crippen LogP contribution in [0.25, 0.3) is 0 Å². The second-order valence-corrected chi connectivity index (χ2v) is 14.3. The first kappa shape index (κ1) is 27.3. The Labute approximate surface area is 235 Å². The molecule has 2 heterocycles. The van der Waals surface area contributed by atoms with E-state index in [0.29, 0.717) is 29.1 Å². The number of aliphatic hydroxyl groups excluding tert-OH is 1. The molecule has 1 aromatic rings. The molecule has 0 bridgehead atoms. The van der Waals surface area contributed by atoms with Crippen molar-refractivity contribution in [3.8, 4) is 5.75 Å². The molecule has 1 aliphatic heterocycles.